The molecule has 0 saturated carbocycles. The average molecular weight is 653 g/mol. The van der Waals surface area contributed by atoms with Crippen LogP contribution in [0.25, 0.3) is 0 Å². The van der Waals surface area contributed by atoms with Crippen LogP contribution in [0.15, 0.2) is 15.8 Å². The number of aromatic nitrogens is 2. The van der Waals surface area contributed by atoms with Crippen LogP contribution >= 0.6 is 41.6 Å². The molecule has 17 heteroatoms. The van der Waals surface area contributed by atoms with Crippen molar-refractivity contribution in [3.05, 3.63) is 32.9 Å². The van der Waals surface area contributed by atoms with Gasteiger partial charge in [0.1, 0.15) is 6.04 Å². The summed E-state index contributed by atoms with van der Waals surface area (Å²) in [5.74, 6) is -1.50. The van der Waals surface area contributed by atoms with Gasteiger partial charge in [-0.25, -0.2) is 9.88 Å². The lowest BCUT2D eigenvalue weighted by Crippen LogP contribution is -2.38. The summed E-state index contributed by atoms with van der Waals surface area (Å²) in [6.45, 7) is 6.81. The first-order valence-electron chi connectivity index (χ1n) is 11.9. The van der Waals surface area contributed by atoms with E-state index in [0.29, 0.717) is 11.9 Å². The van der Waals surface area contributed by atoms with Crippen LogP contribution in [0.4, 0.5) is 4.39 Å². The standard InChI is InChI=1S/C22H33Cl2FN3O8PS2/c1-12(2)35-17(30)13(3)27-37(38,33-7-8-39-19(31)21(4,5)6)34-11-14-9-22(23,24)18(36-14)28-10-15(25)16(29)26-20(28)32/h10,12-14,18H,7-9,11H2,1-6H3,(H,27,38)(H,26,29,32)/t13-,14-,18+,37?/m0/s1. The van der Waals surface area contributed by atoms with E-state index in [2.05, 4.69) is 5.09 Å². The number of thioether (sulfide) groups is 1. The molecule has 0 spiro atoms. The fourth-order valence-electron chi connectivity index (χ4n) is 3.16. The highest BCUT2D eigenvalue weighted by molar-refractivity contribution is 8.13. The van der Waals surface area contributed by atoms with Crippen molar-refractivity contribution < 1.29 is 32.5 Å². The fraction of sp³-hybridized carbons (Fsp3) is 0.727. The van der Waals surface area contributed by atoms with Crippen LogP contribution < -0.4 is 16.3 Å². The molecular weight excluding hydrogens is 619 g/mol. The zero-order valence-corrected chi connectivity index (χ0v) is 26.4. The van der Waals surface area contributed by atoms with Crippen molar-refractivity contribution in [1.29, 1.82) is 0 Å². The van der Waals surface area contributed by atoms with Crippen molar-refractivity contribution in [3.63, 3.8) is 0 Å². The van der Waals surface area contributed by atoms with Crippen molar-refractivity contribution in [3.8, 4) is 0 Å². The molecular formula is C22H33Cl2FN3O8PS2. The maximum atomic E-state index is 13.8. The lowest BCUT2D eigenvalue weighted by molar-refractivity contribution is -0.149. The number of ether oxygens (including phenoxy) is 2. The molecule has 1 aromatic heterocycles. The number of H-pyrrole nitrogens is 1. The second-order valence-electron chi connectivity index (χ2n) is 10.1. The Labute approximate surface area is 245 Å². The molecule has 0 amide bonds. The third-order valence-electron chi connectivity index (χ3n) is 5.04. The average Bonchev–Trinajstić information content (AvgIpc) is 3.10. The highest BCUT2D eigenvalue weighted by Crippen LogP contribution is 2.49. The van der Waals surface area contributed by atoms with Crippen LogP contribution in [-0.2, 0) is 39.9 Å². The predicted molar refractivity (Wildman–Crippen MR) is 151 cm³/mol. The summed E-state index contributed by atoms with van der Waals surface area (Å²) in [5, 5.41) is 2.85. The predicted octanol–water partition coefficient (Wildman–Crippen LogP) is 3.63. The number of alkyl halides is 2. The number of aromatic amines is 1. The maximum Gasteiger partial charge on any atom is 0.330 e. The molecule has 1 aromatic rings. The zero-order valence-electron chi connectivity index (χ0n) is 22.3. The summed E-state index contributed by atoms with van der Waals surface area (Å²) < 4.78 is 35.6. The monoisotopic (exact) mass is 651 g/mol. The third-order valence-corrected chi connectivity index (χ3v) is 9.63. The topological polar surface area (TPSA) is 138 Å². The first-order chi connectivity index (χ1) is 17.8. The normalized spacial score (nSPS) is 21.5. The molecule has 39 heavy (non-hydrogen) atoms. The smallest absolute Gasteiger partial charge is 0.330 e. The number of hydrogen-bond acceptors (Lipinski definition) is 10. The number of carbonyl (C=O) groups is 2. The number of esters is 1. The van der Waals surface area contributed by atoms with E-state index in [4.69, 9.17) is 53.5 Å². The molecule has 222 valence electrons. The third kappa shape index (κ3) is 10.2. The summed E-state index contributed by atoms with van der Waals surface area (Å²) in [5.41, 5.74) is -2.69. The molecule has 1 aliphatic heterocycles. The molecule has 2 N–H and O–H groups in total. The minimum Gasteiger partial charge on any atom is -0.462 e. The molecule has 0 bridgehead atoms. The van der Waals surface area contributed by atoms with Crippen molar-refractivity contribution in [2.75, 3.05) is 19.0 Å². The number of halogens is 3. The van der Waals surface area contributed by atoms with E-state index >= 15 is 0 Å². The summed E-state index contributed by atoms with van der Waals surface area (Å²) in [6.07, 6.45) is -1.92. The first kappa shape index (κ1) is 34.4. The number of nitrogens with zero attached hydrogens (tertiary/aromatic N) is 1. The second kappa shape index (κ2) is 13.9. The Balaban J connectivity index is 2.13. The largest absolute Gasteiger partial charge is 0.462 e. The van der Waals surface area contributed by atoms with E-state index in [9.17, 15) is 23.6 Å². The Morgan fingerprint density at radius 1 is 1.33 bits per heavy atom. The van der Waals surface area contributed by atoms with Gasteiger partial charge in [-0.15, -0.1) is 0 Å². The van der Waals surface area contributed by atoms with Crippen molar-refractivity contribution in [2.45, 2.75) is 76.8 Å². The van der Waals surface area contributed by atoms with Gasteiger partial charge in [0.2, 0.25) is 5.82 Å². The van der Waals surface area contributed by atoms with E-state index in [1.807, 2.05) is 4.98 Å². The van der Waals surface area contributed by atoms with E-state index < -0.39 is 57.8 Å². The highest BCUT2D eigenvalue weighted by Gasteiger charge is 2.48. The van der Waals surface area contributed by atoms with E-state index in [1.165, 1.54) is 6.92 Å². The summed E-state index contributed by atoms with van der Waals surface area (Å²) in [4.78, 5) is 50.0. The second-order valence-corrected chi connectivity index (χ2v) is 15.9. The minimum atomic E-state index is -3.37. The van der Waals surface area contributed by atoms with Crippen LogP contribution in [-0.4, -0.2) is 62.2 Å². The van der Waals surface area contributed by atoms with Crippen molar-refractivity contribution >= 4 is 64.5 Å². The van der Waals surface area contributed by atoms with Crippen LogP contribution in [0.3, 0.4) is 0 Å². The maximum absolute atomic E-state index is 13.8. The van der Waals surface area contributed by atoms with Gasteiger partial charge in [-0.3, -0.25) is 23.9 Å². The number of carbonyl (C=O) groups excluding carboxylic acids is 2. The molecule has 1 unspecified atom stereocenters. The molecule has 4 atom stereocenters. The molecule has 11 nitrogen and oxygen atoms in total. The summed E-state index contributed by atoms with van der Waals surface area (Å²) in [7, 11) is 0. The van der Waals surface area contributed by atoms with Crippen molar-refractivity contribution in [1.82, 2.24) is 14.6 Å². The van der Waals surface area contributed by atoms with E-state index in [0.717, 1.165) is 16.3 Å². The Morgan fingerprint density at radius 3 is 2.56 bits per heavy atom. The van der Waals surface area contributed by atoms with Gasteiger partial charge in [-0.1, -0.05) is 55.7 Å². The number of hydrogen-bond donors (Lipinski definition) is 2. The van der Waals surface area contributed by atoms with Gasteiger partial charge in [0.15, 0.2) is 15.7 Å². The molecule has 0 aliphatic carbocycles. The number of rotatable bonds is 12. The van der Waals surface area contributed by atoms with Gasteiger partial charge in [0, 0.05) is 17.6 Å². The van der Waals surface area contributed by atoms with Gasteiger partial charge in [-0.2, -0.15) is 4.39 Å². The Bertz CT molecular complexity index is 1210. The minimum absolute atomic E-state index is 0.0259. The summed E-state index contributed by atoms with van der Waals surface area (Å²) >= 11 is 19.4. The van der Waals surface area contributed by atoms with Gasteiger partial charge < -0.3 is 18.5 Å². The van der Waals surface area contributed by atoms with Crippen LogP contribution in [0.5, 0.6) is 0 Å². The molecule has 1 fully saturated rings. The molecule has 0 aromatic carbocycles. The molecule has 1 saturated heterocycles. The Kier molecular flexibility index (Phi) is 12.2. The molecule has 2 rings (SSSR count). The van der Waals surface area contributed by atoms with E-state index in [-0.39, 0.29) is 30.9 Å². The molecule has 0 radical (unpaired) electrons. The molecule has 2 heterocycles. The van der Waals surface area contributed by atoms with Crippen LogP contribution in [0, 0.1) is 11.2 Å². The zero-order chi connectivity index (χ0) is 29.8. The van der Waals surface area contributed by atoms with Gasteiger partial charge in [-0.05, 0) is 32.6 Å². The van der Waals surface area contributed by atoms with Gasteiger partial charge in [0.05, 0.1) is 31.6 Å². The highest BCUT2D eigenvalue weighted by atomic mass is 35.5. The fourth-order valence-corrected chi connectivity index (χ4v) is 7.11. The van der Waals surface area contributed by atoms with E-state index in [1.54, 1.807) is 34.6 Å². The van der Waals surface area contributed by atoms with Crippen LogP contribution in [0.1, 0.15) is 54.2 Å². The quantitative estimate of drug-likeness (QED) is 0.148. The number of nitrogens with one attached hydrogen (secondary N) is 2. The van der Waals surface area contributed by atoms with Crippen LogP contribution in [0.2, 0.25) is 0 Å². The Morgan fingerprint density at radius 2 is 1.97 bits per heavy atom. The van der Waals surface area contributed by atoms with Crippen molar-refractivity contribution in [2.24, 2.45) is 5.41 Å². The lowest BCUT2D eigenvalue weighted by atomic mass is 10.00. The van der Waals surface area contributed by atoms with Gasteiger partial charge in [0.25, 0.3) is 12.2 Å². The first-order valence-corrected chi connectivity index (χ1v) is 16.3. The summed E-state index contributed by atoms with van der Waals surface area (Å²) in [6, 6.07) is -0.887. The SMILES string of the molecule is CC(C)OC(=O)[C@H](C)NP(=S)(OCCSC(=O)C(C)(C)C)OC[C@@H]1CC(Cl)(Cl)[C@H](n2cc(F)c(=O)[nH]c2=O)O1. The van der Waals surface area contributed by atoms with Gasteiger partial charge >= 0.3 is 11.7 Å². The Hall–Kier alpha value is -0.830. The molecule has 1 aliphatic rings. The lowest BCUT2D eigenvalue weighted by Gasteiger charge is -2.27.